The van der Waals surface area contributed by atoms with Crippen molar-refractivity contribution in [2.45, 2.75) is 37.0 Å². The van der Waals surface area contributed by atoms with Gasteiger partial charge in [0.15, 0.2) is 0 Å². The molecule has 0 amide bonds. The van der Waals surface area contributed by atoms with Crippen LogP contribution in [0.25, 0.3) is 0 Å². The van der Waals surface area contributed by atoms with Crippen molar-refractivity contribution in [2.75, 3.05) is 5.75 Å². The number of hydrogen-bond acceptors (Lipinski definition) is 2. The Morgan fingerprint density at radius 1 is 1.40 bits per heavy atom. The Morgan fingerprint density at radius 2 is 2.33 bits per heavy atom. The van der Waals surface area contributed by atoms with E-state index in [-0.39, 0.29) is 0 Å². The summed E-state index contributed by atoms with van der Waals surface area (Å²) in [5, 5.41) is 8.48. The van der Waals surface area contributed by atoms with Gasteiger partial charge in [0, 0.05) is 11.3 Å². The zero-order valence-electron chi connectivity index (χ0n) is 8.83. The molecule has 0 aliphatic carbocycles. The quantitative estimate of drug-likeness (QED) is 0.723. The molecule has 0 fully saturated rings. The topological polar surface area (TPSA) is 23.8 Å². The van der Waals surface area contributed by atoms with Gasteiger partial charge in [0.25, 0.3) is 0 Å². The minimum atomic E-state index is 0.672. The summed E-state index contributed by atoms with van der Waals surface area (Å²) in [5.41, 5.74) is 2.91. The molecule has 1 aliphatic rings. The molecule has 0 N–H and O–H groups in total. The smallest absolute Gasteiger partial charge is 0.0621 e. The molecule has 0 saturated carbocycles. The number of unbranched alkanes of at least 4 members (excludes halogenated alkanes) is 1. The maximum absolute atomic E-state index is 8.48. The average Bonchev–Trinajstić information content (AvgIpc) is 2.29. The van der Waals surface area contributed by atoms with Crippen LogP contribution in [0.3, 0.4) is 0 Å². The van der Waals surface area contributed by atoms with E-state index in [0.29, 0.717) is 6.42 Å². The highest BCUT2D eigenvalue weighted by Crippen LogP contribution is 2.30. The second-order valence-electron chi connectivity index (χ2n) is 3.91. The third kappa shape index (κ3) is 2.76. The average molecular weight is 217 g/mol. The Kier molecular flexibility index (Phi) is 3.69. The lowest BCUT2D eigenvalue weighted by atomic mass is 10.0. The van der Waals surface area contributed by atoms with Gasteiger partial charge in [-0.1, -0.05) is 12.1 Å². The fourth-order valence-corrected chi connectivity index (χ4v) is 2.96. The summed E-state index contributed by atoms with van der Waals surface area (Å²) >= 11 is 1.97. The van der Waals surface area contributed by atoms with Gasteiger partial charge in [-0.25, -0.2) is 0 Å². The summed E-state index contributed by atoms with van der Waals surface area (Å²) in [6.07, 6.45) is 5.24. The van der Waals surface area contributed by atoms with E-state index in [2.05, 4.69) is 24.3 Å². The minimum absolute atomic E-state index is 0.672. The Labute approximate surface area is 95.5 Å². The number of thioether (sulfide) groups is 1. The second kappa shape index (κ2) is 5.23. The summed E-state index contributed by atoms with van der Waals surface area (Å²) < 4.78 is 0. The van der Waals surface area contributed by atoms with Gasteiger partial charge in [-0.3, -0.25) is 0 Å². The number of benzene rings is 1. The maximum atomic E-state index is 8.48. The first-order chi connectivity index (χ1) is 7.40. The van der Waals surface area contributed by atoms with E-state index in [1.54, 1.807) is 0 Å². The highest BCUT2D eigenvalue weighted by atomic mass is 32.2. The van der Waals surface area contributed by atoms with Gasteiger partial charge in [-0.15, -0.1) is 11.8 Å². The molecule has 0 radical (unpaired) electrons. The van der Waals surface area contributed by atoms with Crippen molar-refractivity contribution in [1.29, 1.82) is 5.26 Å². The molecule has 0 saturated heterocycles. The van der Waals surface area contributed by atoms with Gasteiger partial charge in [-0.05, 0) is 48.6 Å². The van der Waals surface area contributed by atoms with E-state index < -0.39 is 0 Å². The minimum Gasteiger partial charge on any atom is -0.198 e. The van der Waals surface area contributed by atoms with Crippen LogP contribution in [-0.4, -0.2) is 5.75 Å². The third-order valence-electron chi connectivity index (χ3n) is 2.73. The van der Waals surface area contributed by atoms with Crippen LogP contribution in [0.1, 0.15) is 30.4 Å². The molecule has 78 valence electrons. The number of nitrogens with zero attached hydrogens (tertiary/aromatic N) is 1. The van der Waals surface area contributed by atoms with Gasteiger partial charge in [0.05, 0.1) is 6.07 Å². The molecule has 0 unspecified atom stereocenters. The van der Waals surface area contributed by atoms with E-state index in [0.717, 1.165) is 12.8 Å². The van der Waals surface area contributed by atoms with Gasteiger partial charge in [-0.2, -0.15) is 5.26 Å². The Bertz CT molecular complexity index is 379. The first-order valence-electron chi connectivity index (χ1n) is 5.52. The zero-order valence-corrected chi connectivity index (χ0v) is 9.65. The molecule has 1 aliphatic heterocycles. The third-order valence-corrected chi connectivity index (χ3v) is 3.93. The molecule has 0 spiro atoms. The van der Waals surface area contributed by atoms with Crippen LogP contribution in [0.2, 0.25) is 0 Å². The second-order valence-corrected chi connectivity index (χ2v) is 5.04. The molecule has 2 heteroatoms. The first kappa shape index (κ1) is 10.6. The van der Waals surface area contributed by atoms with E-state index >= 15 is 0 Å². The first-order valence-corrected chi connectivity index (χ1v) is 6.50. The monoisotopic (exact) mass is 217 g/mol. The molecule has 1 aromatic carbocycles. The van der Waals surface area contributed by atoms with Gasteiger partial charge in [0.2, 0.25) is 0 Å². The van der Waals surface area contributed by atoms with Crippen LogP contribution in [0, 0.1) is 11.3 Å². The van der Waals surface area contributed by atoms with Crippen LogP contribution in [-0.2, 0) is 12.8 Å². The number of fused-ring (bicyclic) bond motifs is 1. The number of nitriles is 1. The number of hydrogen-bond donors (Lipinski definition) is 0. The van der Waals surface area contributed by atoms with E-state index in [1.807, 2.05) is 11.8 Å². The normalized spacial score (nSPS) is 14.3. The van der Waals surface area contributed by atoms with Gasteiger partial charge < -0.3 is 0 Å². The predicted octanol–water partition coefficient (Wildman–Crippen LogP) is 3.57. The molecule has 2 rings (SSSR count). The molecule has 15 heavy (non-hydrogen) atoms. The van der Waals surface area contributed by atoms with Crippen LogP contribution in [0.4, 0.5) is 0 Å². The lowest BCUT2D eigenvalue weighted by molar-refractivity contribution is 0.836. The highest BCUT2D eigenvalue weighted by Gasteiger charge is 2.09. The summed E-state index contributed by atoms with van der Waals surface area (Å²) in [7, 11) is 0. The Morgan fingerprint density at radius 3 is 3.20 bits per heavy atom. The fourth-order valence-electron chi connectivity index (χ4n) is 1.94. The molecule has 1 nitrogen and oxygen atoms in total. The van der Waals surface area contributed by atoms with Crippen molar-refractivity contribution in [2.24, 2.45) is 0 Å². The summed E-state index contributed by atoms with van der Waals surface area (Å²) in [6, 6.07) is 9.00. The Hall–Kier alpha value is -0.940. The van der Waals surface area contributed by atoms with Gasteiger partial charge >= 0.3 is 0 Å². The number of rotatable bonds is 3. The molecule has 0 bridgehead atoms. The van der Waals surface area contributed by atoms with Crippen LogP contribution in [0.15, 0.2) is 23.1 Å². The molecule has 1 heterocycles. The fraction of sp³-hybridized carbons (Fsp3) is 0.462. The lowest BCUT2D eigenvalue weighted by Gasteiger charge is -2.15. The van der Waals surface area contributed by atoms with Crippen molar-refractivity contribution < 1.29 is 0 Å². The van der Waals surface area contributed by atoms with Crippen molar-refractivity contribution >= 4 is 11.8 Å². The van der Waals surface area contributed by atoms with Crippen LogP contribution >= 0.6 is 11.8 Å². The Balaban J connectivity index is 2.04. The molecular formula is C13H15NS. The maximum Gasteiger partial charge on any atom is 0.0621 e. The van der Waals surface area contributed by atoms with Crippen molar-refractivity contribution in [3.8, 4) is 6.07 Å². The standard InChI is InChI=1S/C13H15NS/c14-8-2-1-4-11-6-7-13-12(10-11)5-3-9-15-13/h6-7,10H,1-5,9H2. The molecular weight excluding hydrogens is 202 g/mol. The van der Waals surface area contributed by atoms with Crippen molar-refractivity contribution in [3.05, 3.63) is 29.3 Å². The van der Waals surface area contributed by atoms with E-state index in [4.69, 9.17) is 5.26 Å². The molecule has 0 aromatic heterocycles. The predicted molar refractivity (Wildman–Crippen MR) is 64.0 cm³/mol. The summed E-state index contributed by atoms with van der Waals surface area (Å²) in [4.78, 5) is 1.46. The summed E-state index contributed by atoms with van der Waals surface area (Å²) in [6.45, 7) is 0. The van der Waals surface area contributed by atoms with Crippen LogP contribution < -0.4 is 0 Å². The zero-order chi connectivity index (χ0) is 10.5. The summed E-state index contributed by atoms with van der Waals surface area (Å²) in [5.74, 6) is 1.26. The van der Waals surface area contributed by atoms with E-state index in [1.165, 1.54) is 34.6 Å². The van der Waals surface area contributed by atoms with Gasteiger partial charge in [0.1, 0.15) is 0 Å². The highest BCUT2D eigenvalue weighted by molar-refractivity contribution is 7.99. The lowest BCUT2D eigenvalue weighted by Crippen LogP contribution is -1.99. The number of aryl methyl sites for hydroxylation is 2. The van der Waals surface area contributed by atoms with E-state index in [9.17, 15) is 0 Å². The SMILES string of the molecule is N#CCCCc1ccc2c(c1)CCCS2. The van der Waals surface area contributed by atoms with Crippen molar-refractivity contribution in [1.82, 2.24) is 0 Å². The molecule has 0 atom stereocenters. The largest absolute Gasteiger partial charge is 0.198 e. The van der Waals surface area contributed by atoms with Crippen LogP contribution in [0.5, 0.6) is 0 Å². The molecule has 1 aromatic rings. The van der Waals surface area contributed by atoms with Crippen molar-refractivity contribution in [3.63, 3.8) is 0 Å².